The van der Waals surface area contributed by atoms with Crippen molar-refractivity contribution in [2.75, 3.05) is 22.7 Å². The standard InChI is InChI=1S/C21H22F2N4O4S/c1-13-16(12-27(24-13)21(22)23)32(30,31)25-17-18(20(29)19(17)28)26-9-7-15(8-10-26)11-14-5-3-2-4-6-14/h2-6,12,15,21,25H,7-11H2,1H3. The first-order valence-electron chi connectivity index (χ1n) is 10.2. The van der Waals surface area contributed by atoms with Crippen LogP contribution < -0.4 is 20.5 Å². The van der Waals surface area contributed by atoms with Gasteiger partial charge in [0.1, 0.15) is 16.3 Å². The van der Waals surface area contributed by atoms with E-state index >= 15 is 0 Å². The van der Waals surface area contributed by atoms with E-state index in [2.05, 4.69) is 22.0 Å². The van der Waals surface area contributed by atoms with Crippen LogP contribution in [0.25, 0.3) is 0 Å². The lowest BCUT2D eigenvalue weighted by molar-refractivity contribution is 0.0561. The molecule has 32 heavy (non-hydrogen) atoms. The predicted octanol–water partition coefficient (Wildman–Crippen LogP) is 2.44. The fourth-order valence-electron chi connectivity index (χ4n) is 4.10. The molecule has 170 valence electrons. The molecule has 0 bridgehead atoms. The van der Waals surface area contributed by atoms with Gasteiger partial charge in [-0.05, 0) is 37.7 Å². The Bertz CT molecular complexity index is 1290. The van der Waals surface area contributed by atoms with Crippen molar-refractivity contribution in [1.29, 1.82) is 0 Å². The molecular weight excluding hydrogens is 442 g/mol. The quantitative estimate of drug-likeness (QED) is 0.539. The number of hydrogen-bond donors (Lipinski definition) is 1. The van der Waals surface area contributed by atoms with Crippen LogP contribution >= 0.6 is 0 Å². The van der Waals surface area contributed by atoms with Gasteiger partial charge in [-0.1, -0.05) is 30.3 Å². The molecule has 0 amide bonds. The topological polar surface area (TPSA) is 101 Å². The van der Waals surface area contributed by atoms with Gasteiger partial charge in [0.15, 0.2) is 0 Å². The summed E-state index contributed by atoms with van der Waals surface area (Å²) in [6.45, 7) is -0.705. The Kier molecular flexibility index (Phi) is 5.85. The first-order valence-corrected chi connectivity index (χ1v) is 11.6. The summed E-state index contributed by atoms with van der Waals surface area (Å²) in [6.07, 6.45) is 3.19. The molecular formula is C21H22F2N4O4S. The zero-order chi connectivity index (χ0) is 23.0. The highest BCUT2D eigenvalue weighted by Crippen LogP contribution is 2.30. The summed E-state index contributed by atoms with van der Waals surface area (Å²) >= 11 is 0. The van der Waals surface area contributed by atoms with E-state index in [1.165, 1.54) is 12.5 Å². The monoisotopic (exact) mass is 464 g/mol. The van der Waals surface area contributed by atoms with Crippen LogP contribution in [0.4, 0.5) is 20.2 Å². The molecule has 1 fully saturated rings. The summed E-state index contributed by atoms with van der Waals surface area (Å²) < 4.78 is 53.4. The number of nitrogens with zero attached hydrogens (tertiary/aromatic N) is 3. The van der Waals surface area contributed by atoms with Gasteiger partial charge in [0.2, 0.25) is 0 Å². The molecule has 4 rings (SSSR count). The maximum Gasteiger partial charge on any atom is 0.333 e. The van der Waals surface area contributed by atoms with E-state index in [1.807, 2.05) is 18.2 Å². The van der Waals surface area contributed by atoms with Crippen molar-refractivity contribution in [2.45, 2.75) is 37.6 Å². The van der Waals surface area contributed by atoms with Gasteiger partial charge in [-0.3, -0.25) is 14.3 Å². The van der Waals surface area contributed by atoms with Gasteiger partial charge < -0.3 is 4.90 Å². The number of anilines is 2. The minimum absolute atomic E-state index is 0.0376. The van der Waals surface area contributed by atoms with Crippen LogP contribution in [0.2, 0.25) is 0 Å². The van der Waals surface area contributed by atoms with Crippen LogP contribution in [0.15, 0.2) is 51.0 Å². The summed E-state index contributed by atoms with van der Waals surface area (Å²) in [7, 11) is -4.37. The molecule has 1 aliphatic heterocycles. The molecule has 2 aromatic carbocycles. The summed E-state index contributed by atoms with van der Waals surface area (Å²) in [6, 6.07) is 10.1. The van der Waals surface area contributed by atoms with Crippen LogP contribution in [0.3, 0.4) is 0 Å². The highest BCUT2D eigenvalue weighted by molar-refractivity contribution is 7.92. The normalized spacial score (nSPS) is 15.6. The maximum atomic E-state index is 12.8. The SMILES string of the molecule is Cc1nn(C(F)F)cc1S(=O)(=O)Nc1c(N2CCC(Cc3ccccc3)CC2)c(=O)c1=O. The number of aromatic nitrogens is 2. The van der Waals surface area contributed by atoms with Gasteiger partial charge in [-0.15, -0.1) is 0 Å². The van der Waals surface area contributed by atoms with E-state index in [1.54, 1.807) is 4.90 Å². The van der Waals surface area contributed by atoms with Gasteiger partial charge >= 0.3 is 6.55 Å². The fourth-order valence-corrected chi connectivity index (χ4v) is 5.35. The maximum absolute atomic E-state index is 12.8. The van der Waals surface area contributed by atoms with Gasteiger partial charge in [-0.25, -0.2) is 13.1 Å². The number of aryl methyl sites for hydroxylation is 1. The van der Waals surface area contributed by atoms with E-state index in [-0.39, 0.29) is 21.8 Å². The summed E-state index contributed by atoms with van der Waals surface area (Å²) in [5, 5.41) is 3.48. The van der Waals surface area contributed by atoms with Crippen LogP contribution in [0, 0.1) is 12.8 Å². The average Bonchev–Trinajstić information content (AvgIpc) is 3.18. The molecule has 1 aromatic heterocycles. The third kappa shape index (κ3) is 4.16. The predicted molar refractivity (Wildman–Crippen MR) is 115 cm³/mol. The van der Waals surface area contributed by atoms with Crippen LogP contribution in [0.5, 0.6) is 0 Å². The molecule has 11 heteroatoms. The number of piperidine rings is 1. The first kappa shape index (κ1) is 22.1. The summed E-state index contributed by atoms with van der Waals surface area (Å²) in [5.41, 5.74) is -0.873. The van der Waals surface area contributed by atoms with Crippen LogP contribution in [-0.4, -0.2) is 31.3 Å². The van der Waals surface area contributed by atoms with Crippen molar-refractivity contribution in [3.63, 3.8) is 0 Å². The Morgan fingerprint density at radius 1 is 1.12 bits per heavy atom. The highest BCUT2D eigenvalue weighted by Gasteiger charge is 2.33. The third-order valence-corrected chi connectivity index (χ3v) is 7.23. The average molecular weight is 464 g/mol. The molecule has 0 radical (unpaired) electrons. The van der Waals surface area contributed by atoms with Gasteiger partial charge in [-0.2, -0.15) is 13.9 Å². The van der Waals surface area contributed by atoms with E-state index in [0.717, 1.165) is 19.3 Å². The van der Waals surface area contributed by atoms with Crippen molar-refractivity contribution in [2.24, 2.45) is 5.92 Å². The summed E-state index contributed by atoms with van der Waals surface area (Å²) in [5.74, 6) is 0.420. The Hall–Kier alpha value is -3.08. The second kappa shape index (κ2) is 8.45. The van der Waals surface area contributed by atoms with E-state index in [9.17, 15) is 26.8 Å². The van der Waals surface area contributed by atoms with Crippen LogP contribution in [0.1, 0.15) is 30.6 Å². The Morgan fingerprint density at radius 3 is 2.38 bits per heavy atom. The van der Waals surface area contributed by atoms with E-state index in [4.69, 9.17) is 0 Å². The van der Waals surface area contributed by atoms with Crippen molar-refractivity contribution >= 4 is 21.4 Å². The zero-order valence-electron chi connectivity index (χ0n) is 17.3. The number of halogens is 2. The lowest BCUT2D eigenvalue weighted by Crippen LogP contribution is -2.46. The van der Waals surface area contributed by atoms with E-state index in [0.29, 0.717) is 25.2 Å². The molecule has 0 spiro atoms. The summed E-state index contributed by atoms with van der Waals surface area (Å²) in [4.78, 5) is 25.6. The lowest BCUT2D eigenvalue weighted by Gasteiger charge is -2.34. The Balaban J connectivity index is 1.49. The van der Waals surface area contributed by atoms with Crippen molar-refractivity contribution in [3.8, 4) is 0 Å². The molecule has 1 saturated heterocycles. The molecule has 1 aliphatic rings. The highest BCUT2D eigenvalue weighted by atomic mass is 32.2. The molecule has 1 N–H and O–H groups in total. The third-order valence-electron chi connectivity index (χ3n) is 5.78. The minimum Gasteiger partial charge on any atom is -0.366 e. The molecule has 0 aliphatic carbocycles. The molecule has 0 atom stereocenters. The van der Waals surface area contributed by atoms with Crippen molar-refractivity contribution in [3.05, 3.63) is 68.2 Å². The largest absolute Gasteiger partial charge is 0.366 e. The van der Waals surface area contributed by atoms with Crippen LogP contribution in [-0.2, 0) is 16.4 Å². The number of alkyl halides is 2. The lowest BCUT2D eigenvalue weighted by atomic mass is 9.89. The Labute approximate surface area is 183 Å². The number of benzene rings is 1. The zero-order valence-corrected chi connectivity index (χ0v) is 18.1. The fraction of sp³-hybridized carbons (Fsp3) is 0.381. The van der Waals surface area contributed by atoms with Crippen molar-refractivity contribution in [1.82, 2.24) is 9.78 Å². The number of sulfonamides is 1. The van der Waals surface area contributed by atoms with Gasteiger partial charge in [0.05, 0.1) is 11.9 Å². The Morgan fingerprint density at radius 2 is 1.78 bits per heavy atom. The molecule has 0 saturated carbocycles. The van der Waals surface area contributed by atoms with E-state index < -0.39 is 32.3 Å². The molecule has 2 heterocycles. The molecule has 3 aromatic rings. The minimum atomic E-state index is -4.37. The molecule has 8 nitrogen and oxygen atoms in total. The van der Waals surface area contributed by atoms with Gasteiger partial charge in [0.25, 0.3) is 20.9 Å². The second-order valence-corrected chi connectivity index (χ2v) is 9.59. The first-order chi connectivity index (χ1) is 15.2. The smallest absolute Gasteiger partial charge is 0.333 e. The molecule has 0 unspecified atom stereocenters. The number of hydrogen-bond acceptors (Lipinski definition) is 6. The van der Waals surface area contributed by atoms with Gasteiger partial charge in [0, 0.05) is 13.1 Å². The van der Waals surface area contributed by atoms with Crippen molar-refractivity contribution < 1.29 is 17.2 Å². The number of nitrogens with one attached hydrogen (secondary N) is 1. The second-order valence-electron chi connectivity index (χ2n) is 7.94. The number of rotatable bonds is 7.